The summed E-state index contributed by atoms with van der Waals surface area (Å²) in [5.74, 6) is -0.683. The molecule has 1 aliphatic rings. The average Bonchev–Trinajstić information content (AvgIpc) is 3.23. The van der Waals surface area contributed by atoms with E-state index in [4.69, 9.17) is 21.4 Å². The van der Waals surface area contributed by atoms with Gasteiger partial charge in [-0.15, -0.1) is 0 Å². The lowest BCUT2D eigenvalue weighted by molar-refractivity contribution is -0.141. The van der Waals surface area contributed by atoms with Crippen molar-refractivity contribution >= 4 is 40.1 Å². The van der Waals surface area contributed by atoms with Crippen LogP contribution in [0.5, 0.6) is 5.75 Å². The third-order valence-corrected chi connectivity index (χ3v) is 5.84. The van der Waals surface area contributed by atoms with Gasteiger partial charge in [0.2, 0.25) is 5.91 Å². The second kappa shape index (κ2) is 9.58. The first-order valence-corrected chi connectivity index (χ1v) is 11.1. The van der Waals surface area contributed by atoms with Gasteiger partial charge in [-0.3, -0.25) is 9.59 Å². The minimum absolute atomic E-state index is 0.149. The van der Waals surface area contributed by atoms with Crippen LogP contribution in [0.1, 0.15) is 48.9 Å². The zero-order valence-corrected chi connectivity index (χ0v) is 19.2. The Morgan fingerprint density at radius 2 is 1.91 bits per heavy atom. The smallest absolute Gasteiger partial charge is 0.303 e. The van der Waals surface area contributed by atoms with Crippen molar-refractivity contribution in [2.75, 3.05) is 6.61 Å². The largest absolute Gasteiger partial charge is 0.494 e. The highest BCUT2D eigenvalue weighted by Crippen LogP contribution is 2.38. The van der Waals surface area contributed by atoms with E-state index in [2.05, 4.69) is 10.1 Å². The first-order valence-electron chi connectivity index (χ1n) is 10.8. The zero-order chi connectivity index (χ0) is 23.5. The van der Waals surface area contributed by atoms with Crippen LogP contribution < -0.4 is 4.74 Å². The number of aryl methyl sites for hydroxylation is 1. The van der Waals surface area contributed by atoms with Crippen molar-refractivity contribution in [2.45, 2.75) is 39.2 Å². The predicted molar refractivity (Wildman–Crippen MR) is 127 cm³/mol. The number of halogens is 1. The molecule has 0 saturated carbocycles. The Bertz CT molecular complexity index is 1240. The van der Waals surface area contributed by atoms with E-state index in [9.17, 15) is 9.59 Å². The fraction of sp³-hybridized carbons (Fsp3) is 0.280. The van der Waals surface area contributed by atoms with Gasteiger partial charge in [-0.05, 0) is 43.7 Å². The molecule has 8 heteroatoms. The SMILES string of the molecule is CCOc1ccc2nc(Cl)c([C@@H]3CC(c4ccc(C)cc4)=NN3C(=O)CCC(=O)O)cc2c1. The number of aliphatic carboxylic acids is 1. The molecular weight excluding hydrogens is 442 g/mol. The highest BCUT2D eigenvalue weighted by Gasteiger charge is 2.35. The number of benzene rings is 2. The standard InChI is InChI=1S/C25H24ClN3O4/c1-3-33-18-8-9-20-17(12-18)13-19(25(26)27-20)22-14-21(16-6-4-15(2)5-7-16)28-29(22)23(30)10-11-24(31)32/h4-9,12-13,22H,3,10-11,14H2,1-2H3,(H,31,32)/t22-/m0/s1. The molecule has 1 atom stereocenters. The molecule has 0 bridgehead atoms. The average molecular weight is 466 g/mol. The monoisotopic (exact) mass is 465 g/mol. The highest BCUT2D eigenvalue weighted by molar-refractivity contribution is 6.30. The number of amides is 1. The topological polar surface area (TPSA) is 92.1 Å². The van der Waals surface area contributed by atoms with Crippen LogP contribution in [0.25, 0.3) is 10.9 Å². The summed E-state index contributed by atoms with van der Waals surface area (Å²) in [4.78, 5) is 28.5. The van der Waals surface area contributed by atoms with Gasteiger partial charge in [0.15, 0.2) is 0 Å². The van der Waals surface area contributed by atoms with E-state index < -0.39 is 12.0 Å². The molecule has 1 aliphatic heterocycles. The summed E-state index contributed by atoms with van der Waals surface area (Å²) in [5, 5.41) is 16.1. The molecule has 0 unspecified atom stereocenters. The number of hydrazone groups is 1. The van der Waals surface area contributed by atoms with Crippen LogP contribution >= 0.6 is 11.6 Å². The minimum atomic E-state index is -1.03. The quantitative estimate of drug-likeness (QED) is 0.488. The Labute approximate surface area is 196 Å². The van der Waals surface area contributed by atoms with Gasteiger partial charge in [0.1, 0.15) is 10.9 Å². The number of ether oxygens (including phenoxy) is 1. The molecular formula is C25H24ClN3O4. The third kappa shape index (κ3) is 4.98. The summed E-state index contributed by atoms with van der Waals surface area (Å²) in [6.45, 7) is 4.46. The van der Waals surface area contributed by atoms with E-state index in [-0.39, 0.29) is 23.9 Å². The number of carboxylic acid groups (broad SMARTS) is 1. The second-order valence-corrected chi connectivity index (χ2v) is 8.28. The first kappa shape index (κ1) is 22.7. The second-order valence-electron chi connectivity index (χ2n) is 7.92. The van der Waals surface area contributed by atoms with Crippen LogP contribution in [0, 0.1) is 6.92 Å². The molecule has 0 aliphatic carbocycles. The summed E-state index contributed by atoms with van der Waals surface area (Å²) in [7, 11) is 0. The Morgan fingerprint density at radius 1 is 1.15 bits per heavy atom. The summed E-state index contributed by atoms with van der Waals surface area (Å²) in [5.41, 5.74) is 4.14. The summed E-state index contributed by atoms with van der Waals surface area (Å²) in [6, 6.07) is 14.9. The fourth-order valence-corrected chi connectivity index (χ4v) is 4.14. The van der Waals surface area contributed by atoms with E-state index in [1.807, 2.05) is 62.4 Å². The number of hydrogen-bond donors (Lipinski definition) is 1. The number of rotatable bonds is 7. The maximum absolute atomic E-state index is 13.0. The van der Waals surface area contributed by atoms with Crippen LogP contribution in [0.2, 0.25) is 5.15 Å². The Kier molecular flexibility index (Phi) is 6.60. The number of nitrogens with zero attached hydrogens (tertiary/aromatic N) is 3. The van der Waals surface area contributed by atoms with Gasteiger partial charge in [-0.2, -0.15) is 5.10 Å². The van der Waals surface area contributed by atoms with Crippen molar-refractivity contribution in [3.63, 3.8) is 0 Å². The van der Waals surface area contributed by atoms with Crippen molar-refractivity contribution in [1.29, 1.82) is 0 Å². The van der Waals surface area contributed by atoms with E-state index in [0.717, 1.165) is 28.0 Å². The lowest BCUT2D eigenvalue weighted by atomic mass is 9.97. The van der Waals surface area contributed by atoms with Gasteiger partial charge in [-0.25, -0.2) is 9.99 Å². The van der Waals surface area contributed by atoms with Crippen LogP contribution in [-0.2, 0) is 9.59 Å². The van der Waals surface area contributed by atoms with Crippen LogP contribution in [-0.4, -0.2) is 39.3 Å². The van der Waals surface area contributed by atoms with E-state index >= 15 is 0 Å². The molecule has 1 N–H and O–H groups in total. The molecule has 7 nitrogen and oxygen atoms in total. The highest BCUT2D eigenvalue weighted by atomic mass is 35.5. The minimum Gasteiger partial charge on any atom is -0.494 e. The van der Waals surface area contributed by atoms with Gasteiger partial charge in [0.05, 0.1) is 30.3 Å². The summed E-state index contributed by atoms with van der Waals surface area (Å²) in [6.07, 6.45) is 0.0302. The van der Waals surface area contributed by atoms with Gasteiger partial charge in [0, 0.05) is 23.8 Å². The molecule has 3 aromatic rings. The summed E-state index contributed by atoms with van der Waals surface area (Å²) < 4.78 is 5.60. The zero-order valence-electron chi connectivity index (χ0n) is 18.4. The Hall–Kier alpha value is -3.45. The molecule has 0 spiro atoms. The van der Waals surface area contributed by atoms with Crippen molar-refractivity contribution < 1.29 is 19.4 Å². The van der Waals surface area contributed by atoms with Gasteiger partial charge in [0.25, 0.3) is 0 Å². The number of carbonyl (C=O) groups excluding carboxylic acids is 1. The molecule has 2 aromatic carbocycles. The molecule has 1 amide bonds. The number of carboxylic acids is 1. The molecule has 0 fully saturated rings. The Balaban J connectivity index is 1.73. The van der Waals surface area contributed by atoms with Crippen LogP contribution in [0.4, 0.5) is 0 Å². The lowest BCUT2D eigenvalue weighted by Crippen LogP contribution is -2.27. The molecule has 1 aromatic heterocycles. The predicted octanol–water partition coefficient (Wildman–Crippen LogP) is 5.14. The van der Waals surface area contributed by atoms with Crippen molar-refractivity contribution in [2.24, 2.45) is 5.10 Å². The molecule has 4 rings (SSSR count). The van der Waals surface area contributed by atoms with Gasteiger partial charge >= 0.3 is 5.97 Å². The van der Waals surface area contributed by atoms with Gasteiger partial charge in [-0.1, -0.05) is 41.4 Å². The van der Waals surface area contributed by atoms with Crippen molar-refractivity contribution in [1.82, 2.24) is 9.99 Å². The lowest BCUT2D eigenvalue weighted by Gasteiger charge is -2.23. The molecule has 33 heavy (non-hydrogen) atoms. The number of fused-ring (bicyclic) bond motifs is 1. The van der Waals surface area contributed by atoms with E-state index in [1.165, 1.54) is 5.01 Å². The number of hydrogen-bond acceptors (Lipinski definition) is 5. The molecule has 2 heterocycles. The molecule has 170 valence electrons. The summed E-state index contributed by atoms with van der Waals surface area (Å²) >= 11 is 6.57. The number of aromatic nitrogens is 1. The normalized spacial score (nSPS) is 15.5. The third-order valence-electron chi connectivity index (χ3n) is 5.54. The maximum Gasteiger partial charge on any atom is 0.303 e. The van der Waals surface area contributed by atoms with Crippen molar-refractivity contribution in [3.8, 4) is 5.75 Å². The number of carbonyl (C=O) groups is 2. The number of pyridine rings is 1. The van der Waals surface area contributed by atoms with Crippen molar-refractivity contribution in [3.05, 3.63) is 70.4 Å². The molecule has 0 saturated heterocycles. The molecule has 0 radical (unpaired) electrons. The first-order chi connectivity index (χ1) is 15.9. The fourth-order valence-electron chi connectivity index (χ4n) is 3.87. The Morgan fingerprint density at radius 3 is 2.61 bits per heavy atom. The van der Waals surface area contributed by atoms with Crippen LogP contribution in [0.3, 0.4) is 0 Å². The van der Waals surface area contributed by atoms with Gasteiger partial charge < -0.3 is 9.84 Å². The van der Waals surface area contributed by atoms with E-state index in [0.29, 0.717) is 24.1 Å². The van der Waals surface area contributed by atoms with E-state index in [1.54, 1.807) is 0 Å². The maximum atomic E-state index is 13.0. The van der Waals surface area contributed by atoms with Crippen LogP contribution in [0.15, 0.2) is 53.6 Å².